The molecule has 2 aromatic carbocycles. The van der Waals surface area contributed by atoms with Gasteiger partial charge in [-0.15, -0.1) is 0 Å². The molecule has 2 heterocycles. The number of carbonyl (C=O) groups is 1. The van der Waals surface area contributed by atoms with E-state index in [1.165, 1.54) is 20.2 Å². The Hall–Kier alpha value is -3.30. The first-order valence-corrected chi connectivity index (χ1v) is 12.3. The van der Waals surface area contributed by atoms with Crippen LogP contribution < -0.4 is 10.2 Å². The number of rotatable bonds is 6. The van der Waals surface area contributed by atoms with Gasteiger partial charge in [0, 0.05) is 38.4 Å². The van der Waals surface area contributed by atoms with Crippen LogP contribution in [-0.2, 0) is 10.0 Å². The predicted molar refractivity (Wildman–Crippen MR) is 129 cm³/mol. The maximum atomic E-state index is 13.3. The number of aromatic nitrogens is 2. The van der Waals surface area contributed by atoms with Crippen LogP contribution in [-0.4, -0.2) is 55.8 Å². The lowest BCUT2D eigenvalue weighted by molar-refractivity contribution is 0.102. The Morgan fingerprint density at radius 1 is 0.970 bits per heavy atom. The van der Waals surface area contributed by atoms with Crippen molar-refractivity contribution in [1.29, 1.82) is 0 Å². The largest absolute Gasteiger partial charge is 0.371 e. The standard InChI is InChI=1S/C24H27N5O3S/c1-28(2)33(31,32)20-11-12-22(29-13-7-4-8-14-29)21(15-20)24(30)27-19-16-25-23(26-17-19)18-9-5-3-6-10-18/h3,5-6,9-12,15-17H,4,7-8,13-14H2,1-2H3,(H,27,30). The van der Waals surface area contributed by atoms with Gasteiger partial charge in [-0.05, 0) is 37.5 Å². The molecule has 0 bridgehead atoms. The molecule has 1 aliphatic heterocycles. The molecule has 0 spiro atoms. The van der Waals surface area contributed by atoms with E-state index in [4.69, 9.17) is 0 Å². The number of nitrogens with one attached hydrogen (secondary N) is 1. The van der Waals surface area contributed by atoms with E-state index in [0.29, 0.717) is 17.1 Å². The molecule has 0 saturated carbocycles. The summed E-state index contributed by atoms with van der Waals surface area (Å²) in [4.78, 5) is 24.2. The molecule has 0 unspecified atom stereocenters. The third-order valence-corrected chi connectivity index (χ3v) is 7.44. The van der Waals surface area contributed by atoms with E-state index in [2.05, 4.69) is 20.2 Å². The molecule has 0 atom stereocenters. The maximum Gasteiger partial charge on any atom is 0.257 e. The molecular weight excluding hydrogens is 438 g/mol. The van der Waals surface area contributed by atoms with Gasteiger partial charge in [-0.1, -0.05) is 30.3 Å². The fraction of sp³-hybridized carbons (Fsp3) is 0.292. The van der Waals surface area contributed by atoms with Crippen molar-refractivity contribution in [2.45, 2.75) is 24.2 Å². The summed E-state index contributed by atoms with van der Waals surface area (Å²) < 4.78 is 26.5. The van der Waals surface area contributed by atoms with Crippen molar-refractivity contribution in [3.05, 3.63) is 66.5 Å². The molecule has 9 heteroatoms. The zero-order valence-corrected chi connectivity index (χ0v) is 19.5. The van der Waals surface area contributed by atoms with Gasteiger partial charge in [-0.25, -0.2) is 22.7 Å². The van der Waals surface area contributed by atoms with Crippen LogP contribution in [0.2, 0.25) is 0 Å². The predicted octanol–water partition coefficient (Wildman–Crippen LogP) is 3.64. The molecule has 1 fully saturated rings. The van der Waals surface area contributed by atoms with Crippen molar-refractivity contribution in [2.24, 2.45) is 0 Å². The zero-order valence-electron chi connectivity index (χ0n) is 18.7. The van der Waals surface area contributed by atoms with Gasteiger partial charge in [-0.2, -0.15) is 0 Å². The highest BCUT2D eigenvalue weighted by Gasteiger charge is 2.24. The summed E-state index contributed by atoms with van der Waals surface area (Å²) in [5.74, 6) is 0.157. The summed E-state index contributed by atoms with van der Waals surface area (Å²) >= 11 is 0. The quantitative estimate of drug-likeness (QED) is 0.597. The highest BCUT2D eigenvalue weighted by Crippen LogP contribution is 2.28. The van der Waals surface area contributed by atoms with Crippen LogP contribution in [0, 0.1) is 0 Å². The number of hydrogen-bond donors (Lipinski definition) is 1. The third-order valence-electron chi connectivity index (χ3n) is 5.63. The lowest BCUT2D eigenvalue weighted by Gasteiger charge is -2.30. The Kier molecular flexibility index (Phi) is 6.71. The number of amides is 1. The van der Waals surface area contributed by atoms with Crippen LogP contribution in [0.4, 0.5) is 11.4 Å². The van der Waals surface area contributed by atoms with Gasteiger partial charge in [0.25, 0.3) is 5.91 Å². The van der Waals surface area contributed by atoms with Gasteiger partial charge in [-0.3, -0.25) is 4.79 Å². The average Bonchev–Trinajstić information content (AvgIpc) is 2.85. The van der Waals surface area contributed by atoms with Crippen molar-refractivity contribution >= 4 is 27.3 Å². The maximum absolute atomic E-state index is 13.3. The molecule has 1 N–H and O–H groups in total. The molecule has 4 rings (SSSR count). The molecular formula is C24H27N5O3S. The van der Waals surface area contributed by atoms with Crippen LogP contribution in [0.25, 0.3) is 11.4 Å². The molecule has 0 aliphatic carbocycles. The van der Waals surface area contributed by atoms with E-state index in [1.54, 1.807) is 24.5 Å². The summed E-state index contributed by atoms with van der Waals surface area (Å²) in [5.41, 5.74) is 2.35. The minimum atomic E-state index is -3.68. The average molecular weight is 466 g/mol. The third kappa shape index (κ3) is 5.04. The van der Waals surface area contributed by atoms with Crippen LogP contribution in [0.5, 0.6) is 0 Å². The molecule has 0 radical (unpaired) electrons. The van der Waals surface area contributed by atoms with Crippen molar-refractivity contribution in [3.8, 4) is 11.4 Å². The molecule has 8 nitrogen and oxygen atoms in total. The number of piperidine rings is 1. The van der Waals surface area contributed by atoms with Gasteiger partial charge in [0.1, 0.15) is 0 Å². The summed E-state index contributed by atoms with van der Waals surface area (Å²) in [6.07, 6.45) is 6.32. The normalized spacial score (nSPS) is 14.3. The topological polar surface area (TPSA) is 95.5 Å². The van der Waals surface area contributed by atoms with Crippen molar-refractivity contribution in [2.75, 3.05) is 37.4 Å². The van der Waals surface area contributed by atoms with Gasteiger partial charge >= 0.3 is 0 Å². The molecule has 1 saturated heterocycles. The Labute approximate surface area is 194 Å². The van der Waals surface area contributed by atoms with Gasteiger partial charge in [0.2, 0.25) is 10.0 Å². The molecule has 3 aromatic rings. The molecule has 172 valence electrons. The van der Waals surface area contributed by atoms with Crippen molar-refractivity contribution in [3.63, 3.8) is 0 Å². The number of sulfonamides is 1. The highest BCUT2D eigenvalue weighted by atomic mass is 32.2. The second-order valence-electron chi connectivity index (χ2n) is 8.13. The van der Waals surface area contributed by atoms with E-state index < -0.39 is 15.9 Å². The summed E-state index contributed by atoms with van der Waals surface area (Å²) in [6, 6.07) is 14.3. The number of anilines is 2. The fourth-order valence-corrected chi connectivity index (χ4v) is 4.73. The SMILES string of the molecule is CN(C)S(=O)(=O)c1ccc(N2CCCCC2)c(C(=O)Nc2cnc(-c3ccccc3)nc2)c1. The smallest absolute Gasteiger partial charge is 0.257 e. The number of hydrogen-bond acceptors (Lipinski definition) is 6. The lowest BCUT2D eigenvalue weighted by Crippen LogP contribution is -2.32. The van der Waals surface area contributed by atoms with Crippen molar-refractivity contribution in [1.82, 2.24) is 14.3 Å². The molecule has 1 aromatic heterocycles. The Balaban J connectivity index is 1.64. The van der Waals surface area contributed by atoms with E-state index >= 15 is 0 Å². The number of carbonyl (C=O) groups excluding carboxylic acids is 1. The van der Waals surface area contributed by atoms with Crippen LogP contribution in [0.15, 0.2) is 65.8 Å². The molecule has 1 aliphatic rings. The Bertz CT molecular complexity index is 1220. The highest BCUT2D eigenvalue weighted by molar-refractivity contribution is 7.89. The number of nitrogens with zero attached hydrogens (tertiary/aromatic N) is 4. The Morgan fingerprint density at radius 3 is 2.27 bits per heavy atom. The van der Waals surface area contributed by atoms with Crippen molar-refractivity contribution < 1.29 is 13.2 Å². The van der Waals surface area contributed by atoms with Crippen LogP contribution in [0.3, 0.4) is 0 Å². The van der Waals surface area contributed by atoms with E-state index in [1.807, 2.05) is 30.3 Å². The number of benzene rings is 2. The minimum absolute atomic E-state index is 0.0779. The van der Waals surface area contributed by atoms with E-state index in [-0.39, 0.29) is 4.90 Å². The van der Waals surface area contributed by atoms with Gasteiger partial charge < -0.3 is 10.2 Å². The summed E-state index contributed by atoms with van der Waals surface area (Å²) in [6.45, 7) is 1.66. The van der Waals surface area contributed by atoms with Gasteiger partial charge in [0.15, 0.2) is 5.82 Å². The van der Waals surface area contributed by atoms with E-state index in [9.17, 15) is 13.2 Å². The summed E-state index contributed by atoms with van der Waals surface area (Å²) in [5, 5.41) is 2.83. The minimum Gasteiger partial charge on any atom is -0.371 e. The van der Waals surface area contributed by atoms with Crippen LogP contribution in [0.1, 0.15) is 29.6 Å². The fourth-order valence-electron chi connectivity index (χ4n) is 3.81. The first-order chi connectivity index (χ1) is 15.9. The lowest BCUT2D eigenvalue weighted by atomic mass is 10.1. The first kappa shape index (κ1) is 22.9. The molecule has 33 heavy (non-hydrogen) atoms. The van der Waals surface area contributed by atoms with Gasteiger partial charge in [0.05, 0.1) is 28.5 Å². The zero-order chi connectivity index (χ0) is 23.4. The first-order valence-electron chi connectivity index (χ1n) is 10.9. The molecule has 1 amide bonds. The second-order valence-corrected chi connectivity index (χ2v) is 10.3. The Morgan fingerprint density at radius 2 is 1.64 bits per heavy atom. The second kappa shape index (κ2) is 9.68. The monoisotopic (exact) mass is 465 g/mol. The summed E-state index contributed by atoms with van der Waals surface area (Å²) in [7, 11) is -0.736. The van der Waals surface area contributed by atoms with Crippen LogP contribution >= 0.6 is 0 Å². The van der Waals surface area contributed by atoms with E-state index in [0.717, 1.165) is 47.9 Å².